The monoisotopic (exact) mass is 348 g/mol. The topological polar surface area (TPSA) is 96.6 Å². The minimum Gasteiger partial charge on any atom is -0.506 e. The normalized spacial score (nSPS) is 10.9. The first-order valence-corrected chi connectivity index (χ1v) is 7.82. The van der Waals surface area contributed by atoms with Gasteiger partial charge < -0.3 is 9.67 Å². The lowest BCUT2D eigenvalue weighted by Crippen LogP contribution is -2.31. The van der Waals surface area contributed by atoms with Crippen LogP contribution in [0.1, 0.15) is 15.9 Å². The van der Waals surface area contributed by atoms with Crippen molar-refractivity contribution in [3.05, 3.63) is 82.9 Å². The summed E-state index contributed by atoms with van der Waals surface area (Å²) in [6.45, 7) is 3.84. The van der Waals surface area contributed by atoms with Crippen LogP contribution in [0.4, 0.5) is 0 Å². The smallest absolute Gasteiger partial charge is 0.280 e. The number of amides is 1. The van der Waals surface area contributed by atoms with Crippen molar-refractivity contribution in [1.82, 2.24) is 15.0 Å². The van der Waals surface area contributed by atoms with Crippen LogP contribution >= 0.6 is 0 Å². The lowest BCUT2D eigenvalue weighted by Gasteiger charge is -2.12. The summed E-state index contributed by atoms with van der Waals surface area (Å²) in [6.07, 6.45) is 6.15. The Morgan fingerprint density at radius 3 is 2.73 bits per heavy atom. The summed E-state index contributed by atoms with van der Waals surface area (Å²) in [5.41, 5.74) is 2.55. The number of carbonyl (C=O) groups is 1. The molecule has 7 nitrogen and oxygen atoms in total. The SMILES string of the molecule is C=CCn1c(=O)c(C(=O)N/N=C/c2ccncc2)c(O)c2ccccc21. The molecule has 2 heterocycles. The third kappa shape index (κ3) is 3.23. The second-order valence-electron chi connectivity index (χ2n) is 5.42. The molecule has 0 unspecified atom stereocenters. The molecule has 2 aromatic heterocycles. The molecule has 7 heteroatoms. The van der Waals surface area contributed by atoms with Gasteiger partial charge in [-0.3, -0.25) is 14.6 Å². The predicted octanol–water partition coefficient (Wildman–Crippen LogP) is 2.05. The fourth-order valence-corrected chi connectivity index (χ4v) is 2.58. The lowest BCUT2D eigenvalue weighted by atomic mass is 10.1. The average molecular weight is 348 g/mol. The maximum Gasteiger partial charge on any atom is 0.280 e. The molecule has 0 saturated carbocycles. The second-order valence-corrected chi connectivity index (χ2v) is 5.42. The molecule has 3 rings (SSSR count). The van der Waals surface area contributed by atoms with Crippen molar-refractivity contribution in [2.75, 3.05) is 0 Å². The van der Waals surface area contributed by atoms with E-state index in [2.05, 4.69) is 22.1 Å². The number of allylic oxidation sites excluding steroid dienone is 1. The molecule has 1 aromatic carbocycles. The third-order valence-electron chi connectivity index (χ3n) is 3.77. The van der Waals surface area contributed by atoms with Gasteiger partial charge in [-0.25, -0.2) is 5.43 Å². The van der Waals surface area contributed by atoms with E-state index in [1.165, 1.54) is 10.8 Å². The van der Waals surface area contributed by atoms with Crippen molar-refractivity contribution < 1.29 is 9.90 Å². The number of aromatic nitrogens is 2. The van der Waals surface area contributed by atoms with Crippen LogP contribution in [0.15, 0.2) is 71.3 Å². The fraction of sp³-hybridized carbons (Fsp3) is 0.0526. The number of nitrogens with zero attached hydrogens (tertiary/aromatic N) is 3. The summed E-state index contributed by atoms with van der Waals surface area (Å²) in [6, 6.07) is 10.2. The highest BCUT2D eigenvalue weighted by atomic mass is 16.3. The van der Waals surface area contributed by atoms with Gasteiger partial charge in [0.05, 0.1) is 11.7 Å². The van der Waals surface area contributed by atoms with Gasteiger partial charge in [-0.1, -0.05) is 18.2 Å². The summed E-state index contributed by atoms with van der Waals surface area (Å²) in [7, 11) is 0. The summed E-state index contributed by atoms with van der Waals surface area (Å²) < 4.78 is 1.38. The van der Waals surface area contributed by atoms with E-state index >= 15 is 0 Å². The van der Waals surface area contributed by atoms with Gasteiger partial charge >= 0.3 is 0 Å². The van der Waals surface area contributed by atoms with E-state index in [9.17, 15) is 14.7 Å². The van der Waals surface area contributed by atoms with Gasteiger partial charge in [0, 0.05) is 24.3 Å². The van der Waals surface area contributed by atoms with E-state index in [4.69, 9.17) is 0 Å². The zero-order valence-electron chi connectivity index (χ0n) is 13.8. The molecular formula is C19H16N4O3. The van der Waals surface area contributed by atoms with Crippen LogP contribution in [0.3, 0.4) is 0 Å². The van der Waals surface area contributed by atoms with E-state index in [0.717, 1.165) is 5.56 Å². The number of benzene rings is 1. The van der Waals surface area contributed by atoms with Gasteiger partial charge in [-0.15, -0.1) is 6.58 Å². The Morgan fingerprint density at radius 1 is 1.27 bits per heavy atom. The summed E-state index contributed by atoms with van der Waals surface area (Å²) in [5, 5.41) is 14.7. The van der Waals surface area contributed by atoms with Crippen LogP contribution in [0, 0.1) is 0 Å². The first-order chi connectivity index (χ1) is 12.6. The minimum absolute atomic E-state index is 0.209. The largest absolute Gasteiger partial charge is 0.506 e. The van der Waals surface area contributed by atoms with Gasteiger partial charge in [-0.05, 0) is 29.8 Å². The van der Waals surface area contributed by atoms with Crippen molar-refractivity contribution in [3.8, 4) is 5.75 Å². The highest BCUT2D eigenvalue weighted by Crippen LogP contribution is 2.26. The van der Waals surface area contributed by atoms with Gasteiger partial charge in [0.25, 0.3) is 11.5 Å². The number of hydrazone groups is 1. The number of nitrogens with one attached hydrogen (secondary N) is 1. The highest BCUT2D eigenvalue weighted by Gasteiger charge is 2.21. The van der Waals surface area contributed by atoms with Crippen molar-refractivity contribution in [1.29, 1.82) is 0 Å². The lowest BCUT2D eigenvalue weighted by molar-refractivity contribution is 0.0950. The summed E-state index contributed by atoms with van der Waals surface area (Å²) in [5.74, 6) is -1.16. The molecule has 2 N–H and O–H groups in total. The van der Waals surface area contributed by atoms with Crippen LogP contribution < -0.4 is 11.0 Å². The number of pyridine rings is 2. The number of hydrogen-bond donors (Lipinski definition) is 2. The van der Waals surface area contributed by atoms with Crippen LogP contribution in [0.25, 0.3) is 10.9 Å². The van der Waals surface area contributed by atoms with E-state index in [1.807, 2.05) is 0 Å². The number of aromatic hydroxyl groups is 1. The first kappa shape index (κ1) is 17.1. The Labute approximate surface area is 148 Å². The van der Waals surface area contributed by atoms with Gasteiger partial charge in [0.1, 0.15) is 11.3 Å². The molecule has 0 bridgehead atoms. The highest BCUT2D eigenvalue weighted by molar-refractivity contribution is 6.02. The fourth-order valence-electron chi connectivity index (χ4n) is 2.58. The number of carbonyl (C=O) groups excluding carboxylic acids is 1. The Morgan fingerprint density at radius 2 is 2.00 bits per heavy atom. The predicted molar refractivity (Wildman–Crippen MR) is 99.4 cm³/mol. The van der Waals surface area contributed by atoms with Crippen LogP contribution in [0.5, 0.6) is 5.75 Å². The number of hydrogen-bond acceptors (Lipinski definition) is 5. The second kappa shape index (κ2) is 7.43. The molecule has 0 spiro atoms. The standard InChI is InChI=1S/C19H16N4O3/c1-2-11-23-15-6-4-3-5-14(15)17(24)16(19(23)26)18(25)22-21-12-13-7-9-20-10-8-13/h2-10,12,24H,1,11H2,(H,22,25)/b21-12+. The molecule has 0 radical (unpaired) electrons. The Hall–Kier alpha value is -3.74. The zero-order chi connectivity index (χ0) is 18.5. The quantitative estimate of drug-likeness (QED) is 0.419. The maximum absolute atomic E-state index is 12.7. The van der Waals surface area contributed by atoms with Crippen molar-refractivity contribution in [3.63, 3.8) is 0 Å². The van der Waals surface area contributed by atoms with Gasteiger partial charge in [0.15, 0.2) is 0 Å². The number of para-hydroxylation sites is 1. The van der Waals surface area contributed by atoms with Crippen LogP contribution in [-0.2, 0) is 6.54 Å². The number of fused-ring (bicyclic) bond motifs is 1. The Bertz CT molecular complexity index is 1060. The minimum atomic E-state index is -0.790. The average Bonchev–Trinajstić information content (AvgIpc) is 2.66. The molecule has 0 fully saturated rings. The molecule has 0 aliphatic heterocycles. The Kier molecular flexibility index (Phi) is 4.89. The molecule has 0 aliphatic carbocycles. The van der Waals surface area contributed by atoms with Crippen LogP contribution in [0.2, 0.25) is 0 Å². The molecule has 0 saturated heterocycles. The van der Waals surface area contributed by atoms with E-state index in [-0.39, 0.29) is 17.9 Å². The Balaban J connectivity index is 2.01. The molecule has 130 valence electrons. The van der Waals surface area contributed by atoms with E-state index < -0.39 is 11.5 Å². The molecule has 3 aromatic rings. The zero-order valence-corrected chi connectivity index (χ0v) is 13.8. The maximum atomic E-state index is 12.7. The van der Waals surface area contributed by atoms with E-state index in [0.29, 0.717) is 10.9 Å². The molecular weight excluding hydrogens is 332 g/mol. The molecule has 0 atom stereocenters. The van der Waals surface area contributed by atoms with Gasteiger partial charge in [-0.2, -0.15) is 5.10 Å². The van der Waals surface area contributed by atoms with Crippen molar-refractivity contribution in [2.45, 2.75) is 6.54 Å². The molecule has 0 aliphatic rings. The van der Waals surface area contributed by atoms with Crippen molar-refractivity contribution in [2.24, 2.45) is 5.10 Å². The summed E-state index contributed by atoms with van der Waals surface area (Å²) in [4.78, 5) is 29.0. The van der Waals surface area contributed by atoms with E-state index in [1.54, 1.807) is 54.9 Å². The first-order valence-electron chi connectivity index (χ1n) is 7.82. The molecule has 1 amide bonds. The van der Waals surface area contributed by atoms with Crippen molar-refractivity contribution >= 4 is 23.0 Å². The van der Waals surface area contributed by atoms with Crippen LogP contribution in [-0.4, -0.2) is 26.8 Å². The third-order valence-corrected chi connectivity index (χ3v) is 3.77. The summed E-state index contributed by atoms with van der Waals surface area (Å²) >= 11 is 0. The molecule has 26 heavy (non-hydrogen) atoms. The number of rotatable bonds is 5. The van der Waals surface area contributed by atoms with Gasteiger partial charge in [0.2, 0.25) is 0 Å².